The highest BCUT2D eigenvalue weighted by Crippen LogP contribution is 2.53. The van der Waals surface area contributed by atoms with E-state index < -0.39 is 7.14 Å². The Hall–Kier alpha value is -4.78. The third-order valence-corrected chi connectivity index (χ3v) is 12.2. The zero-order valence-electron chi connectivity index (χ0n) is 24.2. The van der Waals surface area contributed by atoms with Crippen LogP contribution in [0.25, 0.3) is 44.1 Å². The maximum Gasteiger partial charge on any atom is 0.171 e. The van der Waals surface area contributed by atoms with Crippen LogP contribution >= 0.6 is 7.14 Å². The van der Waals surface area contributed by atoms with E-state index >= 15 is 4.57 Å². The van der Waals surface area contributed by atoms with Gasteiger partial charge in [0, 0.05) is 37.7 Å². The van der Waals surface area contributed by atoms with Gasteiger partial charge in [-0.3, -0.25) is 0 Å². The quantitative estimate of drug-likeness (QED) is 0.156. The van der Waals surface area contributed by atoms with Crippen molar-refractivity contribution < 1.29 is 4.57 Å². The molecule has 0 fully saturated rings. The molecule has 2 nitrogen and oxygen atoms in total. The highest BCUT2D eigenvalue weighted by molar-refractivity contribution is 7.85. The SMILES string of the molecule is CC1(C)c2ccccc2-c2ccc3c(-c4cccc(P(=O)(c5ccccc5)c5ccccc5)c4)nc4ccccc4c3c21. The number of hydrogen-bond donors (Lipinski definition) is 0. The van der Waals surface area contributed by atoms with Crippen LogP contribution in [0.3, 0.4) is 0 Å². The van der Waals surface area contributed by atoms with Gasteiger partial charge in [-0.1, -0.05) is 147 Å². The van der Waals surface area contributed by atoms with Gasteiger partial charge in [-0.05, 0) is 39.8 Å². The van der Waals surface area contributed by atoms with Gasteiger partial charge in [-0.15, -0.1) is 0 Å². The number of aromatic nitrogens is 1. The summed E-state index contributed by atoms with van der Waals surface area (Å²) >= 11 is 0. The summed E-state index contributed by atoms with van der Waals surface area (Å²) in [6.07, 6.45) is 0. The number of rotatable bonds is 4. The Morgan fingerprint density at radius 3 is 1.93 bits per heavy atom. The van der Waals surface area contributed by atoms with Crippen molar-refractivity contribution in [1.29, 1.82) is 0 Å². The van der Waals surface area contributed by atoms with Crippen LogP contribution in [-0.2, 0) is 9.98 Å². The Morgan fingerprint density at radius 2 is 1.19 bits per heavy atom. The minimum absolute atomic E-state index is 0.162. The van der Waals surface area contributed by atoms with Crippen LogP contribution in [0.5, 0.6) is 0 Å². The van der Waals surface area contributed by atoms with Crippen LogP contribution in [0.1, 0.15) is 25.0 Å². The Labute approximate surface area is 252 Å². The van der Waals surface area contributed by atoms with Crippen LogP contribution in [0.2, 0.25) is 0 Å². The first-order chi connectivity index (χ1) is 21.0. The van der Waals surface area contributed by atoms with Gasteiger partial charge in [0.1, 0.15) is 0 Å². The Bertz CT molecular complexity index is 2190. The van der Waals surface area contributed by atoms with E-state index in [1.807, 2.05) is 72.8 Å². The smallest absolute Gasteiger partial charge is 0.171 e. The van der Waals surface area contributed by atoms with Crippen LogP contribution in [0, 0.1) is 0 Å². The van der Waals surface area contributed by atoms with E-state index in [-0.39, 0.29) is 5.41 Å². The zero-order valence-corrected chi connectivity index (χ0v) is 25.1. The summed E-state index contributed by atoms with van der Waals surface area (Å²) in [6, 6.07) is 49.7. The molecular weight excluding hydrogens is 541 g/mol. The second-order valence-electron chi connectivity index (χ2n) is 11.9. The zero-order chi connectivity index (χ0) is 29.2. The standard InChI is InChI=1S/C40H30NOP/c1-40(2)35-22-11-9-20-31(35)32-24-25-34-37(38(32)40)33-21-10-12-23-36(33)41-39(34)27-14-13-19-30(26-27)43(42,28-15-5-3-6-16-28)29-17-7-4-8-18-29/h3-26H,1-2H3. The predicted molar refractivity (Wildman–Crippen MR) is 182 cm³/mol. The minimum atomic E-state index is -3.13. The van der Waals surface area contributed by atoms with Crippen molar-refractivity contribution in [2.75, 3.05) is 0 Å². The molecule has 7 aromatic rings. The summed E-state index contributed by atoms with van der Waals surface area (Å²) in [5, 5.41) is 5.98. The molecule has 0 radical (unpaired) electrons. The van der Waals surface area contributed by atoms with E-state index in [1.165, 1.54) is 27.6 Å². The van der Waals surface area contributed by atoms with Gasteiger partial charge in [0.2, 0.25) is 0 Å². The summed E-state index contributed by atoms with van der Waals surface area (Å²) < 4.78 is 15.2. The first kappa shape index (κ1) is 25.9. The van der Waals surface area contributed by atoms with Crippen LogP contribution < -0.4 is 15.9 Å². The second kappa shape index (κ2) is 9.63. The van der Waals surface area contributed by atoms with Crippen LogP contribution in [0.15, 0.2) is 146 Å². The number of hydrogen-bond acceptors (Lipinski definition) is 2. The van der Waals surface area contributed by atoms with Crippen molar-refractivity contribution in [3.05, 3.63) is 157 Å². The third-order valence-electron chi connectivity index (χ3n) is 9.10. The maximum atomic E-state index is 15.2. The van der Waals surface area contributed by atoms with E-state index in [1.54, 1.807) is 0 Å². The molecule has 1 aliphatic carbocycles. The average Bonchev–Trinajstić information content (AvgIpc) is 3.31. The van der Waals surface area contributed by atoms with Crippen molar-refractivity contribution >= 4 is 44.7 Å². The summed E-state index contributed by atoms with van der Waals surface area (Å²) in [5.74, 6) is 0. The topological polar surface area (TPSA) is 30.0 Å². The van der Waals surface area contributed by atoms with E-state index in [0.29, 0.717) is 0 Å². The number of benzene rings is 6. The van der Waals surface area contributed by atoms with Crippen molar-refractivity contribution in [3.8, 4) is 22.4 Å². The molecule has 0 N–H and O–H groups in total. The van der Waals surface area contributed by atoms with Gasteiger partial charge in [-0.25, -0.2) is 4.98 Å². The number of fused-ring (bicyclic) bond motifs is 7. The average molecular weight is 572 g/mol. The number of para-hydroxylation sites is 1. The highest BCUT2D eigenvalue weighted by atomic mass is 31.2. The van der Waals surface area contributed by atoms with Gasteiger partial charge in [-0.2, -0.15) is 0 Å². The maximum absolute atomic E-state index is 15.2. The fourth-order valence-electron chi connectivity index (χ4n) is 7.11. The molecule has 8 rings (SSSR count). The molecule has 0 amide bonds. The summed E-state index contributed by atoms with van der Waals surface area (Å²) in [4.78, 5) is 5.27. The first-order valence-electron chi connectivity index (χ1n) is 14.8. The Balaban J connectivity index is 1.42. The molecule has 1 aromatic heterocycles. The largest absolute Gasteiger partial charge is 0.309 e. The molecule has 0 spiro atoms. The Kier molecular flexibility index (Phi) is 5.80. The fourth-order valence-corrected chi connectivity index (χ4v) is 9.80. The van der Waals surface area contributed by atoms with E-state index in [2.05, 4.69) is 86.6 Å². The third kappa shape index (κ3) is 3.80. The molecule has 1 aliphatic rings. The molecule has 0 saturated heterocycles. The van der Waals surface area contributed by atoms with Crippen molar-refractivity contribution in [2.24, 2.45) is 0 Å². The van der Waals surface area contributed by atoms with Crippen LogP contribution in [-0.4, -0.2) is 4.98 Å². The first-order valence-corrected chi connectivity index (χ1v) is 16.5. The fraction of sp³-hybridized carbons (Fsp3) is 0.0750. The lowest BCUT2D eigenvalue weighted by Crippen LogP contribution is -2.25. The van der Waals surface area contributed by atoms with Gasteiger partial charge >= 0.3 is 0 Å². The molecule has 0 atom stereocenters. The minimum Gasteiger partial charge on any atom is -0.309 e. The highest BCUT2D eigenvalue weighted by Gasteiger charge is 2.37. The number of pyridine rings is 1. The van der Waals surface area contributed by atoms with Gasteiger partial charge in [0.05, 0.1) is 11.2 Å². The Morgan fingerprint density at radius 1 is 0.558 bits per heavy atom. The molecule has 0 saturated carbocycles. The van der Waals surface area contributed by atoms with E-state index in [4.69, 9.17) is 4.98 Å². The second-order valence-corrected chi connectivity index (χ2v) is 14.7. The van der Waals surface area contributed by atoms with Crippen molar-refractivity contribution in [2.45, 2.75) is 19.3 Å². The summed E-state index contributed by atoms with van der Waals surface area (Å²) in [6.45, 7) is 4.67. The monoisotopic (exact) mass is 571 g/mol. The van der Waals surface area contributed by atoms with E-state index in [0.717, 1.165) is 43.5 Å². The molecule has 1 heterocycles. The lowest BCUT2D eigenvalue weighted by molar-refractivity contribution is 0.592. The number of nitrogens with zero attached hydrogens (tertiary/aromatic N) is 1. The summed E-state index contributed by atoms with van der Waals surface area (Å²) in [5.41, 5.74) is 7.99. The van der Waals surface area contributed by atoms with Gasteiger partial charge < -0.3 is 4.57 Å². The molecular formula is C40H30NOP. The molecule has 206 valence electrons. The molecule has 6 aromatic carbocycles. The van der Waals surface area contributed by atoms with Crippen molar-refractivity contribution in [1.82, 2.24) is 4.98 Å². The van der Waals surface area contributed by atoms with Crippen molar-refractivity contribution in [3.63, 3.8) is 0 Å². The molecule has 0 aliphatic heterocycles. The van der Waals surface area contributed by atoms with Crippen LogP contribution in [0.4, 0.5) is 0 Å². The summed E-state index contributed by atoms with van der Waals surface area (Å²) in [7, 11) is -3.13. The van der Waals surface area contributed by atoms with E-state index in [9.17, 15) is 0 Å². The lowest BCUT2D eigenvalue weighted by Gasteiger charge is -2.25. The van der Waals surface area contributed by atoms with Gasteiger partial charge in [0.25, 0.3) is 0 Å². The lowest BCUT2D eigenvalue weighted by atomic mass is 9.79. The normalized spacial score (nSPS) is 13.6. The molecule has 0 bridgehead atoms. The van der Waals surface area contributed by atoms with Gasteiger partial charge in [0.15, 0.2) is 7.14 Å². The molecule has 43 heavy (non-hydrogen) atoms. The molecule has 3 heteroatoms. The predicted octanol–water partition coefficient (Wildman–Crippen LogP) is 9.00. The molecule has 0 unspecified atom stereocenters.